The minimum absolute atomic E-state index is 0.0161. The van der Waals surface area contributed by atoms with Crippen LogP contribution in [0.25, 0.3) is 10.7 Å². The molecule has 2 aromatic heterocycles. The standard InChI is InChI=1S/C28H35BN4O6S/c1-18(2)23(29-38-27(3,4)28(5,6)39-29)32-22(34)16-33-24(21-13-10-14-40-21)30-15-20(25(33)35)31-26(36)37-17-19-11-8-7-9-12-19/h7-15,18,23H,16-17H2,1-6H3,(H,31,36)(H,32,34). The largest absolute Gasteiger partial charge is 0.482 e. The Hall–Kier alpha value is -3.48. The Morgan fingerprint density at radius 1 is 1.07 bits per heavy atom. The van der Waals surface area contributed by atoms with Gasteiger partial charge in [0.2, 0.25) is 5.91 Å². The molecule has 1 aliphatic heterocycles. The maximum atomic E-state index is 13.5. The van der Waals surface area contributed by atoms with E-state index in [1.165, 1.54) is 22.1 Å². The molecule has 0 bridgehead atoms. The third-order valence-electron chi connectivity index (χ3n) is 7.15. The molecule has 2 N–H and O–H groups in total. The Kier molecular flexibility index (Phi) is 8.82. The van der Waals surface area contributed by atoms with Gasteiger partial charge >= 0.3 is 13.2 Å². The summed E-state index contributed by atoms with van der Waals surface area (Å²) in [6, 6.07) is 12.8. The van der Waals surface area contributed by atoms with Crippen molar-refractivity contribution in [1.82, 2.24) is 14.9 Å². The van der Waals surface area contributed by atoms with Gasteiger partial charge in [-0.05, 0) is 50.6 Å². The van der Waals surface area contributed by atoms with Gasteiger partial charge in [0.25, 0.3) is 5.56 Å². The number of thiophene rings is 1. The Balaban J connectivity index is 1.53. The summed E-state index contributed by atoms with van der Waals surface area (Å²) in [7, 11) is -0.659. The number of aromatic nitrogens is 2. The van der Waals surface area contributed by atoms with E-state index in [0.29, 0.717) is 10.7 Å². The molecule has 1 saturated heterocycles. The molecule has 0 radical (unpaired) electrons. The second-order valence-corrected chi connectivity index (χ2v) is 12.0. The van der Waals surface area contributed by atoms with Crippen LogP contribution in [0.4, 0.5) is 10.5 Å². The van der Waals surface area contributed by atoms with Crippen molar-refractivity contribution in [2.24, 2.45) is 5.92 Å². The number of hydrogen-bond acceptors (Lipinski definition) is 8. The average molecular weight is 566 g/mol. The van der Waals surface area contributed by atoms with Gasteiger partial charge in [-0.3, -0.25) is 19.5 Å². The van der Waals surface area contributed by atoms with Crippen molar-refractivity contribution in [3.05, 3.63) is 70.0 Å². The maximum absolute atomic E-state index is 13.5. The van der Waals surface area contributed by atoms with Gasteiger partial charge in [-0.1, -0.05) is 50.2 Å². The predicted molar refractivity (Wildman–Crippen MR) is 155 cm³/mol. The molecule has 3 heterocycles. The molecule has 212 valence electrons. The van der Waals surface area contributed by atoms with Crippen LogP contribution in [0.2, 0.25) is 0 Å². The molecule has 1 fully saturated rings. The normalized spacial score (nSPS) is 16.5. The van der Waals surface area contributed by atoms with Gasteiger partial charge in [-0.25, -0.2) is 9.78 Å². The Labute approximate surface area is 238 Å². The van der Waals surface area contributed by atoms with Crippen molar-refractivity contribution in [2.75, 3.05) is 5.32 Å². The van der Waals surface area contributed by atoms with E-state index in [9.17, 15) is 14.4 Å². The van der Waals surface area contributed by atoms with E-state index in [2.05, 4.69) is 15.6 Å². The van der Waals surface area contributed by atoms with Gasteiger partial charge in [0.1, 0.15) is 18.8 Å². The number of nitrogens with zero attached hydrogens (tertiary/aromatic N) is 2. The summed E-state index contributed by atoms with van der Waals surface area (Å²) in [6.45, 7) is 11.5. The van der Waals surface area contributed by atoms with Crippen LogP contribution in [0.5, 0.6) is 0 Å². The maximum Gasteiger partial charge on any atom is 0.482 e. The van der Waals surface area contributed by atoms with Crippen LogP contribution in [-0.4, -0.2) is 45.8 Å². The van der Waals surface area contributed by atoms with Crippen molar-refractivity contribution in [3.63, 3.8) is 0 Å². The van der Waals surface area contributed by atoms with Crippen molar-refractivity contribution < 1.29 is 23.6 Å². The van der Waals surface area contributed by atoms with Crippen LogP contribution in [0.3, 0.4) is 0 Å². The summed E-state index contributed by atoms with van der Waals surface area (Å²) in [6.07, 6.45) is 0.472. The van der Waals surface area contributed by atoms with Gasteiger partial charge in [-0.2, -0.15) is 0 Å². The molecule has 0 spiro atoms. The second kappa shape index (κ2) is 12.0. The summed E-state index contributed by atoms with van der Waals surface area (Å²) in [5, 5.41) is 7.31. The van der Waals surface area contributed by atoms with Gasteiger partial charge in [0.05, 0.1) is 28.2 Å². The van der Waals surface area contributed by atoms with E-state index < -0.39 is 41.8 Å². The van der Waals surface area contributed by atoms with Crippen molar-refractivity contribution in [1.29, 1.82) is 0 Å². The molecule has 0 aliphatic carbocycles. The lowest BCUT2D eigenvalue weighted by atomic mass is 9.72. The summed E-state index contributed by atoms with van der Waals surface area (Å²) >= 11 is 1.38. The number of benzene rings is 1. The molecule has 1 atom stereocenters. The molecular formula is C28H35BN4O6S. The fourth-order valence-electron chi connectivity index (χ4n) is 4.16. The molecule has 10 nitrogen and oxygen atoms in total. The molecule has 1 aliphatic rings. The van der Waals surface area contributed by atoms with Gasteiger partial charge < -0.3 is 19.4 Å². The number of hydrogen-bond donors (Lipinski definition) is 2. The lowest BCUT2D eigenvalue weighted by molar-refractivity contribution is -0.122. The highest BCUT2D eigenvalue weighted by Gasteiger charge is 2.54. The van der Waals surface area contributed by atoms with Crippen LogP contribution in [0, 0.1) is 5.92 Å². The summed E-state index contributed by atoms with van der Waals surface area (Å²) < 4.78 is 18.9. The molecule has 3 aromatic rings. The highest BCUT2D eigenvalue weighted by molar-refractivity contribution is 7.13. The number of carbonyl (C=O) groups excluding carboxylic acids is 2. The zero-order valence-electron chi connectivity index (χ0n) is 23.6. The molecular weight excluding hydrogens is 531 g/mol. The monoisotopic (exact) mass is 566 g/mol. The van der Waals surface area contributed by atoms with Crippen molar-refractivity contribution >= 4 is 36.1 Å². The summed E-state index contributed by atoms with van der Waals surface area (Å²) in [5.74, 6) is -0.580. The van der Waals surface area contributed by atoms with Gasteiger partial charge in [0.15, 0.2) is 5.82 Å². The van der Waals surface area contributed by atoms with Crippen LogP contribution in [-0.2, 0) is 32.0 Å². The zero-order valence-corrected chi connectivity index (χ0v) is 24.4. The third kappa shape index (κ3) is 6.63. The number of rotatable bonds is 9. The molecule has 40 heavy (non-hydrogen) atoms. The smallest absolute Gasteiger partial charge is 0.444 e. The fraction of sp³-hybridized carbons (Fsp3) is 0.429. The second-order valence-electron chi connectivity index (χ2n) is 11.0. The topological polar surface area (TPSA) is 121 Å². The van der Waals surface area contributed by atoms with Crippen LogP contribution < -0.4 is 16.2 Å². The number of anilines is 1. The molecule has 2 amide bonds. The van der Waals surface area contributed by atoms with Crippen LogP contribution in [0.1, 0.15) is 47.1 Å². The lowest BCUT2D eigenvalue weighted by Crippen LogP contribution is -2.52. The molecule has 1 unspecified atom stereocenters. The Bertz CT molecular complexity index is 1380. The highest BCUT2D eigenvalue weighted by atomic mass is 32.1. The first-order chi connectivity index (χ1) is 18.9. The van der Waals surface area contributed by atoms with Gasteiger partial charge in [0, 0.05) is 0 Å². The number of nitrogens with one attached hydrogen (secondary N) is 2. The Morgan fingerprint density at radius 2 is 1.75 bits per heavy atom. The minimum Gasteiger partial charge on any atom is -0.444 e. The minimum atomic E-state index is -0.803. The first kappa shape index (κ1) is 29.5. The van der Waals surface area contributed by atoms with Crippen LogP contribution in [0.15, 0.2) is 58.8 Å². The van der Waals surface area contributed by atoms with E-state index in [1.54, 1.807) is 0 Å². The summed E-state index contributed by atoms with van der Waals surface area (Å²) in [5.41, 5.74) is -0.991. The van der Waals surface area contributed by atoms with Crippen molar-refractivity contribution in [2.45, 2.75) is 71.8 Å². The first-order valence-corrected chi connectivity index (χ1v) is 14.0. The number of ether oxygens (including phenoxy) is 1. The van der Waals surface area contributed by atoms with E-state index in [4.69, 9.17) is 14.0 Å². The highest BCUT2D eigenvalue weighted by Crippen LogP contribution is 2.38. The van der Waals surface area contributed by atoms with Crippen molar-refractivity contribution in [3.8, 4) is 10.7 Å². The molecule has 0 saturated carbocycles. The lowest BCUT2D eigenvalue weighted by Gasteiger charge is -2.32. The van der Waals surface area contributed by atoms with Gasteiger partial charge in [-0.15, -0.1) is 11.3 Å². The SMILES string of the molecule is CC(C)C(NC(=O)Cn1c(-c2cccs2)ncc(NC(=O)OCc2ccccc2)c1=O)B1OC(C)(C)C(C)(C)O1. The zero-order chi connectivity index (χ0) is 29.1. The van der Waals surface area contributed by atoms with E-state index >= 15 is 0 Å². The number of carbonyl (C=O) groups is 2. The van der Waals surface area contributed by atoms with E-state index in [1.807, 2.05) is 89.4 Å². The number of amides is 2. The summed E-state index contributed by atoms with van der Waals surface area (Å²) in [4.78, 5) is 44.4. The first-order valence-electron chi connectivity index (χ1n) is 13.1. The van der Waals surface area contributed by atoms with Crippen LogP contribution >= 0.6 is 11.3 Å². The van der Waals surface area contributed by atoms with E-state index in [-0.39, 0.29) is 24.8 Å². The molecule has 4 rings (SSSR count). The average Bonchev–Trinajstić information content (AvgIpc) is 3.50. The molecule has 12 heteroatoms. The third-order valence-corrected chi connectivity index (χ3v) is 8.02. The predicted octanol–water partition coefficient (Wildman–Crippen LogP) is 4.49. The Morgan fingerprint density at radius 3 is 2.35 bits per heavy atom. The quantitative estimate of drug-likeness (QED) is 0.366. The van der Waals surface area contributed by atoms with E-state index in [0.717, 1.165) is 5.56 Å². The fourth-order valence-corrected chi connectivity index (χ4v) is 4.88. The molecule has 1 aromatic carbocycles.